The number of rotatable bonds is 6. The second-order valence-electron chi connectivity index (χ2n) is 5.68. The van der Waals surface area contributed by atoms with Crippen LogP contribution in [0.2, 0.25) is 0 Å². The summed E-state index contributed by atoms with van der Waals surface area (Å²) >= 11 is 0. The van der Waals surface area contributed by atoms with Gasteiger partial charge in [-0.15, -0.1) is 0 Å². The van der Waals surface area contributed by atoms with E-state index in [2.05, 4.69) is 0 Å². The van der Waals surface area contributed by atoms with E-state index in [0.717, 1.165) is 5.56 Å². The van der Waals surface area contributed by atoms with E-state index in [9.17, 15) is 14.9 Å². The van der Waals surface area contributed by atoms with Gasteiger partial charge in [0, 0.05) is 24.3 Å². The number of nitro benzene ring substituents is 1. The van der Waals surface area contributed by atoms with Crippen LogP contribution in [0.3, 0.4) is 0 Å². The molecule has 0 saturated heterocycles. The average Bonchev–Trinajstić information content (AvgIpc) is 2.69. The number of non-ortho nitro benzene ring substituents is 1. The molecule has 0 unspecified atom stereocenters. The molecule has 6 heteroatoms. The van der Waals surface area contributed by atoms with E-state index in [1.807, 2.05) is 65.5 Å². The Balaban J connectivity index is 1.80. The van der Waals surface area contributed by atoms with Gasteiger partial charge in [-0.05, 0) is 17.7 Å². The minimum Gasteiger partial charge on any atom is -0.447 e. The monoisotopic (exact) mass is 349 g/mol. The number of carbonyl (C=O) groups is 1. The van der Waals surface area contributed by atoms with Crippen molar-refractivity contribution in [2.45, 2.75) is 12.6 Å². The van der Waals surface area contributed by atoms with Crippen molar-refractivity contribution in [1.29, 1.82) is 0 Å². The Hall–Kier alpha value is -3.54. The van der Waals surface area contributed by atoms with Crippen LogP contribution in [0.25, 0.3) is 0 Å². The molecule has 0 N–H and O–H groups in total. The number of nitrogens with zero attached hydrogens (tertiary/aromatic N) is 2. The fourth-order valence-electron chi connectivity index (χ4n) is 2.54. The Bertz CT molecular complexity index is 881. The van der Waals surface area contributed by atoms with Gasteiger partial charge in [0.25, 0.3) is 5.69 Å². The van der Waals surface area contributed by atoms with Crippen LogP contribution in [0, 0.1) is 10.1 Å². The standard InChI is InChI=1S/C20H17N2O4/c23-20(17-9-11-18(12-10-17)22(24)25)26-19(16-7-3-1-4-8-16)15-21-13-5-2-6-14-21/h1-14,19H,15H2/q+1/t19-/m0/s1. The molecule has 0 spiro atoms. The summed E-state index contributed by atoms with van der Waals surface area (Å²) in [4.78, 5) is 22.7. The number of aromatic nitrogens is 1. The first-order valence-corrected chi connectivity index (χ1v) is 8.08. The van der Waals surface area contributed by atoms with E-state index < -0.39 is 17.0 Å². The van der Waals surface area contributed by atoms with Crippen molar-refractivity contribution in [3.63, 3.8) is 0 Å². The Kier molecular flexibility index (Phi) is 5.34. The van der Waals surface area contributed by atoms with Crippen LogP contribution in [-0.2, 0) is 11.3 Å². The topological polar surface area (TPSA) is 73.3 Å². The van der Waals surface area contributed by atoms with Crippen LogP contribution in [0.1, 0.15) is 22.0 Å². The number of carbonyl (C=O) groups excluding carboxylic acids is 1. The number of hydrogen-bond acceptors (Lipinski definition) is 4. The van der Waals surface area contributed by atoms with Gasteiger partial charge in [0.15, 0.2) is 25.0 Å². The average molecular weight is 349 g/mol. The maximum Gasteiger partial charge on any atom is 0.338 e. The lowest BCUT2D eigenvalue weighted by Crippen LogP contribution is -2.37. The summed E-state index contributed by atoms with van der Waals surface area (Å²) in [7, 11) is 0. The fraction of sp³-hybridized carbons (Fsp3) is 0.100. The number of nitro groups is 1. The molecular weight excluding hydrogens is 332 g/mol. The van der Waals surface area contributed by atoms with Crippen molar-refractivity contribution in [2.24, 2.45) is 0 Å². The van der Waals surface area contributed by atoms with Gasteiger partial charge in [-0.1, -0.05) is 36.4 Å². The fourth-order valence-corrected chi connectivity index (χ4v) is 2.54. The number of esters is 1. The highest BCUT2D eigenvalue weighted by molar-refractivity contribution is 5.89. The maximum atomic E-state index is 12.5. The molecule has 3 aromatic rings. The maximum absolute atomic E-state index is 12.5. The highest BCUT2D eigenvalue weighted by Crippen LogP contribution is 2.20. The molecule has 6 nitrogen and oxygen atoms in total. The second kappa shape index (κ2) is 8.02. The van der Waals surface area contributed by atoms with E-state index in [1.165, 1.54) is 24.3 Å². The number of pyridine rings is 1. The molecule has 1 heterocycles. The Morgan fingerprint density at radius 1 is 0.962 bits per heavy atom. The third kappa shape index (κ3) is 4.30. The number of ether oxygens (including phenoxy) is 1. The molecule has 0 fully saturated rings. The predicted octanol–water partition coefficient (Wildman–Crippen LogP) is 3.48. The summed E-state index contributed by atoms with van der Waals surface area (Å²) in [5.41, 5.74) is 1.08. The zero-order valence-electron chi connectivity index (χ0n) is 13.9. The molecule has 26 heavy (non-hydrogen) atoms. The normalized spacial score (nSPS) is 11.5. The van der Waals surface area contributed by atoms with Crippen LogP contribution in [0.4, 0.5) is 5.69 Å². The Morgan fingerprint density at radius 2 is 1.58 bits per heavy atom. The van der Waals surface area contributed by atoms with Gasteiger partial charge in [0.2, 0.25) is 0 Å². The van der Waals surface area contributed by atoms with Gasteiger partial charge < -0.3 is 4.74 Å². The molecule has 0 aliphatic rings. The summed E-state index contributed by atoms with van der Waals surface area (Å²) < 4.78 is 7.63. The van der Waals surface area contributed by atoms with Crippen molar-refractivity contribution >= 4 is 11.7 Å². The Morgan fingerprint density at radius 3 is 2.19 bits per heavy atom. The zero-order valence-corrected chi connectivity index (χ0v) is 13.9. The van der Waals surface area contributed by atoms with Crippen molar-refractivity contribution in [2.75, 3.05) is 0 Å². The molecule has 0 amide bonds. The lowest BCUT2D eigenvalue weighted by Gasteiger charge is -2.16. The molecule has 0 radical (unpaired) electrons. The highest BCUT2D eigenvalue weighted by Gasteiger charge is 2.22. The summed E-state index contributed by atoms with van der Waals surface area (Å²) in [6, 6.07) is 20.6. The largest absolute Gasteiger partial charge is 0.447 e. The molecular formula is C20H17N2O4+. The van der Waals surface area contributed by atoms with Gasteiger partial charge in [0.1, 0.15) is 0 Å². The van der Waals surface area contributed by atoms with E-state index in [1.54, 1.807) is 0 Å². The third-order valence-electron chi connectivity index (χ3n) is 3.89. The quantitative estimate of drug-likeness (QED) is 0.296. The molecule has 1 aromatic heterocycles. The van der Waals surface area contributed by atoms with Crippen molar-refractivity contribution in [3.05, 3.63) is 106 Å². The van der Waals surface area contributed by atoms with Crippen molar-refractivity contribution in [3.8, 4) is 0 Å². The first-order valence-electron chi connectivity index (χ1n) is 8.08. The lowest BCUT2D eigenvalue weighted by molar-refractivity contribution is -0.704. The first-order chi connectivity index (χ1) is 12.6. The smallest absolute Gasteiger partial charge is 0.338 e. The molecule has 1 atom stereocenters. The molecule has 0 bridgehead atoms. The predicted molar refractivity (Wildman–Crippen MR) is 94.3 cm³/mol. The van der Waals surface area contributed by atoms with Crippen molar-refractivity contribution < 1.29 is 19.0 Å². The van der Waals surface area contributed by atoms with E-state index in [4.69, 9.17) is 4.74 Å². The van der Waals surface area contributed by atoms with E-state index in [-0.39, 0.29) is 11.3 Å². The second-order valence-corrected chi connectivity index (χ2v) is 5.68. The molecule has 0 aliphatic carbocycles. The van der Waals surface area contributed by atoms with Crippen LogP contribution in [0.15, 0.2) is 85.2 Å². The van der Waals surface area contributed by atoms with Crippen molar-refractivity contribution in [1.82, 2.24) is 0 Å². The molecule has 3 rings (SSSR count). The van der Waals surface area contributed by atoms with E-state index >= 15 is 0 Å². The first kappa shape index (κ1) is 17.3. The third-order valence-corrected chi connectivity index (χ3v) is 3.89. The van der Waals surface area contributed by atoms with Crippen LogP contribution in [-0.4, -0.2) is 10.9 Å². The summed E-state index contributed by atoms with van der Waals surface area (Å²) in [6.45, 7) is 0.462. The number of benzene rings is 2. The van der Waals surface area contributed by atoms with Gasteiger partial charge in [0.05, 0.1) is 10.5 Å². The van der Waals surface area contributed by atoms with Gasteiger partial charge in [-0.25, -0.2) is 9.36 Å². The number of hydrogen-bond donors (Lipinski definition) is 0. The SMILES string of the molecule is O=C(O[C@@H](C[n+]1ccccc1)c1ccccc1)c1ccc([N+](=O)[O-])cc1. The molecule has 2 aromatic carbocycles. The minimum absolute atomic E-state index is 0.0685. The van der Waals surface area contributed by atoms with E-state index in [0.29, 0.717) is 6.54 Å². The Labute approximate surface area is 150 Å². The highest BCUT2D eigenvalue weighted by atomic mass is 16.6. The molecule has 130 valence electrons. The van der Waals surface area contributed by atoms with Gasteiger partial charge in [-0.3, -0.25) is 10.1 Å². The zero-order chi connectivity index (χ0) is 18.4. The molecule has 0 saturated carbocycles. The molecule has 0 aliphatic heterocycles. The van der Waals surface area contributed by atoms with Gasteiger partial charge in [-0.2, -0.15) is 0 Å². The van der Waals surface area contributed by atoms with Gasteiger partial charge >= 0.3 is 5.97 Å². The van der Waals surface area contributed by atoms with Crippen LogP contribution in [0.5, 0.6) is 0 Å². The van der Waals surface area contributed by atoms with Crippen LogP contribution >= 0.6 is 0 Å². The summed E-state index contributed by atoms with van der Waals surface area (Å²) in [6.07, 6.45) is 3.32. The minimum atomic E-state index is -0.523. The van der Waals surface area contributed by atoms with Crippen LogP contribution < -0.4 is 4.57 Å². The summed E-state index contributed by atoms with van der Waals surface area (Å²) in [5.74, 6) is -0.523. The lowest BCUT2D eigenvalue weighted by atomic mass is 10.1. The summed E-state index contributed by atoms with van der Waals surface area (Å²) in [5, 5.41) is 10.7.